The first-order valence-corrected chi connectivity index (χ1v) is 5.14. The molecule has 0 rings (SSSR count). The molecule has 0 aromatic rings. The first kappa shape index (κ1) is 10.9. The third-order valence-electron chi connectivity index (χ3n) is 1.10. The number of hydrogen-bond acceptors (Lipinski definition) is 2. The van der Waals surface area contributed by atoms with Gasteiger partial charge in [-0.15, -0.1) is 6.42 Å². The molecule has 2 heteroatoms. The van der Waals surface area contributed by atoms with E-state index in [1.165, 1.54) is 11.5 Å². The van der Waals surface area contributed by atoms with E-state index < -0.39 is 0 Å². The molecular formula is C9H17NS. The maximum Gasteiger partial charge on any atom is 0.0574 e. The topological polar surface area (TPSA) is 12.0 Å². The van der Waals surface area contributed by atoms with Gasteiger partial charge in [-0.1, -0.05) is 19.8 Å². The van der Waals surface area contributed by atoms with Crippen molar-refractivity contribution in [2.45, 2.75) is 13.8 Å². The second-order valence-electron chi connectivity index (χ2n) is 2.85. The molecule has 0 heterocycles. The summed E-state index contributed by atoms with van der Waals surface area (Å²) in [7, 11) is 0. The number of hydrogen-bond donors (Lipinski definition) is 1. The van der Waals surface area contributed by atoms with E-state index in [4.69, 9.17) is 6.42 Å². The van der Waals surface area contributed by atoms with Crippen LogP contribution in [0, 0.1) is 18.3 Å². The molecule has 0 saturated heterocycles. The number of terminal acetylenes is 1. The number of nitrogens with one attached hydrogen (secondary N) is 1. The lowest BCUT2D eigenvalue weighted by Gasteiger charge is -2.03. The van der Waals surface area contributed by atoms with Crippen LogP contribution in [0.3, 0.4) is 0 Å². The second-order valence-corrected chi connectivity index (χ2v) is 4.00. The SMILES string of the molecule is C#CCNCCSCC(C)C. The van der Waals surface area contributed by atoms with Crippen LogP contribution in [-0.4, -0.2) is 24.6 Å². The van der Waals surface area contributed by atoms with Crippen molar-refractivity contribution in [1.29, 1.82) is 0 Å². The fraction of sp³-hybridized carbons (Fsp3) is 0.778. The minimum absolute atomic E-state index is 0.697. The zero-order valence-corrected chi connectivity index (χ0v) is 8.21. The van der Waals surface area contributed by atoms with Crippen molar-refractivity contribution in [3.8, 4) is 12.3 Å². The summed E-state index contributed by atoms with van der Waals surface area (Å²) in [6, 6.07) is 0. The van der Waals surface area contributed by atoms with Crippen molar-refractivity contribution >= 4 is 11.8 Å². The first-order valence-electron chi connectivity index (χ1n) is 3.99. The van der Waals surface area contributed by atoms with E-state index in [0.29, 0.717) is 6.54 Å². The van der Waals surface area contributed by atoms with Crippen LogP contribution >= 0.6 is 11.8 Å². The molecular weight excluding hydrogens is 154 g/mol. The summed E-state index contributed by atoms with van der Waals surface area (Å²) in [6.07, 6.45) is 5.07. The lowest BCUT2D eigenvalue weighted by Crippen LogP contribution is -2.17. The van der Waals surface area contributed by atoms with E-state index in [9.17, 15) is 0 Å². The maximum atomic E-state index is 5.07. The van der Waals surface area contributed by atoms with Gasteiger partial charge < -0.3 is 5.32 Å². The lowest BCUT2D eigenvalue weighted by atomic mass is 10.3. The average Bonchev–Trinajstić information content (AvgIpc) is 1.96. The van der Waals surface area contributed by atoms with Gasteiger partial charge in [0, 0.05) is 12.3 Å². The van der Waals surface area contributed by atoms with Gasteiger partial charge in [-0.2, -0.15) is 11.8 Å². The maximum absolute atomic E-state index is 5.07. The summed E-state index contributed by atoms with van der Waals surface area (Å²) in [5.74, 6) is 5.76. The summed E-state index contributed by atoms with van der Waals surface area (Å²) in [5.41, 5.74) is 0. The van der Waals surface area contributed by atoms with Crippen LogP contribution in [0.4, 0.5) is 0 Å². The molecule has 0 aromatic carbocycles. The van der Waals surface area contributed by atoms with Crippen LogP contribution in [0.2, 0.25) is 0 Å². The van der Waals surface area contributed by atoms with Crippen molar-refractivity contribution in [2.24, 2.45) is 5.92 Å². The molecule has 0 aliphatic rings. The molecule has 0 spiro atoms. The van der Waals surface area contributed by atoms with E-state index in [2.05, 4.69) is 25.1 Å². The normalized spacial score (nSPS) is 10.0. The molecule has 0 bridgehead atoms. The Morgan fingerprint density at radius 3 is 2.82 bits per heavy atom. The Kier molecular flexibility index (Phi) is 7.88. The van der Waals surface area contributed by atoms with E-state index in [0.717, 1.165) is 12.5 Å². The number of rotatable bonds is 6. The van der Waals surface area contributed by atoms with E-state index in [1.54, 1.807) is 0 Å². The van der Waals surface area contributed by atoms with Gasteiger partial charge in [0.15, 0.2) is 0 Å². The van der Waals surface area contributed by atoms with Gasteiger partial charge in [-0.3, -0.25) is 0 Å². The minimum Gasteiger partial charge on any atom is -0.305 e. The molecule has 0 amide bonds. The van der Waals surface area contributed by atoms with E-state index in [1.807, 2.05) is 11.8 Å². The van der Waals surface area contributed by atoms with Gasteiger partial charge in [0.1, 0.15) is 0 Å². The molecule has 1 nitrogen and oxygen atoms in total. The number of thioether (sulfide) groups is 1. The third-order valence-corrected chi connectivity index (χ3v) is 2.50. The average molecular weight is 171 g/mol. The van der Waals surface area contributed by atoms with Gasteiger partial charge in [-0.05, 0) is 11.7 Å². The minimum atomic E-state index is 0.697. The lowest BCUT2D eigenvalue weighted by molar-refractivity contribution is 0.748. The molecule has 11 heavy (non-hydrogen) atoms. The fourth-order valence-electron chi connectivity index (χ4n) is 0.624. The zero-order valence-electron chi connectivity index (χ0n) is 7.39. The van der Waals surface area contributed by atoms with Crippen LogP contribution in [-0.2, 0) is 0 Å². The Labute approximate surface area is 74.3 Å². The van der Waals surface area contributed by atoms with Crippen LogP contribution in [0.5, 0.6) is 0 Å². The fourth-order valence-corrected chi connectivity index (χ4v) is 1.55. The largest absolute Gasteiger partial charge is 0.305 e. The Morgan fingerprint density at radius 1 is 1.55 bits per heavy atom. The quantitative estimate of drug-likeness (QED) is 0.481. The molecule has 0 aromatic heterocycles. The highest BCUT2D eigenvalue weighted by atomic mass is 32.2. The summed E-state index contributed by atoms with van der Waals surface area (Å²) in [4.78, 5) is 0. The van der Waals surface area contributed by atoms with Crippen molar-refractivity contribution in [3.05, 3.63) is 0 Å². The van der Waals surface area contributed by atoms with Crippen LogP contribution < -0.4 is 5.32 Å². The van der Waals surface area contributed by atoms with Crippen LogP contribution in [0.1, 0.15) is 13.8 Å². The molecule has 64 valence electrons. The molecule has 0 atom stereocenters. The van der Waals surface area contributed by atoms with Crippen molar-refractivity contribution in [1.82, 2.24) is 5.32 Å². The smallest absolute Gasteiger partial charge is 0.0574 e. The van der Waals surface area contributed by atoms with Crippen molar-refractivity contribution < 1.29 is 0 Å². The standard InChI is InChI=1S/C9H17NS/c1-4-5-10-6-7-11-8-9(2)3/h1,9-10H,5-8H2,2-3H3. The highest BCUT2D eigenvalue weighted by molar-refractivity contribution is 7.99. The molecule has 1 N–H and O–H groups in total. The Balaban J connectivity index is 2.86. The zero-order chi connectivity index (χ0) is 8.53. The summed E-state index contributed by atoms with van der Waals surface area (Å²) in [6.45, 7) is 6.20. The molecule has 0 radical (unpaired) electrons. The van der Waals surface area contributed by atoms with Gasteiger partial charge in [0.25, 0.3) is 0 Å². The van der Waals surface area contributed by atoms with Gasteiger partial charge in [0.2, 0.25) is 0 Å². The summed E-state index contributed by atoms with van der Waals surface area (Å²) >= 11 is 1.98. The van der Waals surface area contributed by atoms with Crippen molar-refractivity contribution in [2.75, 3.05) is 24.6 Å². The highest BCUT2D eigenvalue weighted by Gasteiger charge is 1.92. The monoisotopic (exact) mass is 171 g/mol. The van der Waals surface area contributed by atoms with E-state index in [-0.39, 0.29) is 0 Å². The molecule has 0 aliphatic carbocycles. The van der Waals surface area contributed by atoms with E-state index >= 15 is 0 Å². The third kappa shape index (κ3) is 9.87. The Morgan fingerprint density at radius 2 is 2.27 bits per heavy atom. The molecule has 0 aliphatic heterocycles. The van der Waals surface area contributed by atoms with Gasteiger partial charge >= 0.3 is 0 Å². The predicted octanol–water partition coefficient (Wildman–Crippen LogP) is 1.60. The van der Waals surface area contributed by atoms with Gasteiger partial charge in [-0.25, -0.2) is 0 Å². The van der Waals surface area contributed by atoms with Crippen molar-refractivity contribution in [3.63, 3.8) is 0 Å². The first-order chi connectivity index (χ1) is 5.27. The Bertz CT molecular complexity index is 115. The highest BCUT2D eigenvalue weighted by Crippen LogP contribution is 2.05. The molecule has 0 unspecified atom stereocenters. The van der Waals surface area contributed by atoms with Crippen LogP contribution in [0.25, 0.3) is 0 Å². The summed E-state index contributed by atoms with van der Waals surface area (Å²) in [5, 5.41) is 3.15. The second kappa shape index (κ2) is 7.97. The Hall–Kier alpha value is -0.130. The molecule has 0 saturated carbocycles. The van der Waals surface area contributed by atoms with Crippen LogP contribution in [0.15, 0.2) is 0 Å². The van der Waals surface area contributed by atoms with Gasteiger partial charge in [0.05, 0.1) is 6.54 Å². The summed E-state index contributed by atoms with van der Waals surface area (Å²) < 4.78 is 0. The molecule has 0 fully saturated rings. The predicted molar refractivity (Wildman–Crippen MR) is 53.9 cm³/mol.